The van der Waals surface area contributed by atoms with Gasteiger partial charge in [0.15, 0.2) is 11.5 Å². The molecule has 4 rings (SSSR count). The molecule has 0 amide bonds. The zero-order valence-electron chi connectivity index (χ0n) is 12.1. The Kier molecular flexibility index (Phi) is 3.20. The lowest BCUT2D eigenvalue weighted by Gasteiger charge is -1.96. The van der Waals surface area contributed by atoms with E-state index in [0.29, 0.717) is 22.8 Å². The minimum atomic E-state index is -0.452. The summed E-state index contributed by atoms with van der Waals surface area (Å²) in [6.07, 6.45) is 1.51. The van der Waals surface area contributed by atoms with Crippen molar-refractivity contribution >= 4 is 5.69 Å². The average molecular weight is 323 g/mol. The van der Waals surface area contributed by atoms with E-state index in [1.807, 2.05) is 0 Å². The van der Waals surface area contributed by atoms with Gasteiger partial charge in [-0.3, -0.25) is 10.1 Å². The highest BCUT2D eigenvalue weighted by Crippen LogP contribution is 2.30. The monoisotopic (exact) mass is 323 g/mol. The lowest BCUT2D eigenvalue weighted by atomic mass is 10.1. The number of rotatable bonds is 4. The van der Waals surface area contributed by atoms with Crippen LogP contribution in [0.15, 0.2) is 68.0 Å². The molecule has 0 atom stereocenters. The summed E-state index contributed by atoms with van der Waals surface area (Å²) < 4.78 is 16.4. The molecule has 0 N–H and O–H groups in total. The summed E-state index contributed by atoms with van der Waals surface area (Å²) in [6, 6.07) is 12.9. The van der Waals surface area contributed by atoms with Crippen LogP contribution in [-0.4, -0.2) is 15.1 Å². The van der Waals surface area contributed by atoms with Gasteiger partial charge in [0.25, 0.3) is 17.5 Å². The van der Waals surface area contributed by atoms with Crippen LogP contribution < -0.4 is 0 Å². The Morgan fingerprint density at radius 1 is 0.833 bits per heavy atom. The number of nitro benzene ring substituents is 1. The third-order valence-corrected chi connectivity index (χ3v) is 3.34. The standard InChI is InChI=1S/C16H9N3O5/c20-19(21)11-5-3-10(4-6-11)12-7-8-14(23-12)16-18-17-15(24-16)13-2-1-9-22-13/h1-9H. The lowest BCUT2D eigenvalue weighted by Crippen LogP contribution is -1.86. The van der Waals surface area contributed by atoms with E-state index < -0.39 is 4.92 Å². The van der Waals surface area contributed by atoms with E-state index in [-0.39, 0.29) is 17.5 Å². The van der Waals surface area contributed by atoms with Gasteiger partial charge < -0.3 is 13.3 Å². The predicted octanol–water partition coefficient (Wildman–Crippen LogP) is 4.16. The van der Waals surface area contributed by atoms with Gasteiger partial charge in [-0.05, 0) is 36.4 Å². The van der Waals surface area contributed by atoms with Crippen molar-refractivity contribution in [3.05, 3.63) is 64.9 Å². The van der Waals surface area contributed by atoms with Crippen molar-refractivity contribution in [2.24, 2.45) is 0 Å². The van der Waals surface area contributed by atoms with Gasteiger partial charge >= 0.3 is 0 Å². The second-order valence-corrected chi connectivity index (χ2v) is 4.86. The molecular weight excluding hydrogens is 314 g/mol. The smallest absolute Gasteiger partial charge is 0.284 e. The summed E-state index contributed by atoms with van der Waals surface area (Å²) in [5.74, 6) is 1.88. The molecule has 0 aliphatic heterocycles. The van der Waals surface area contributed by atoms with Crippen molar-refractivity contribution in [3.63, 3.8) is 0 Å². The van der Waals surface area contributed by atoms with E-state index in [4.69, 9.17) is 13.3 Å². The summed E-state index contributed by atoms with van der Waals surface area (Å²) in [5.41, 5.74) is 0.725. The second kappa shape index (κ2) is 5.51. The van der Waals surface area contributed by atoms with Crippen molar-refractivity contribution < 1.29 is 18.2 Å². The van der Waals surface area contributed by atoms with Crippen LogP contribution in [0.4, 0.5) is 5.69 Å². The maximum absolute atomic E-state index is 10.7. The van der Waals surface area contributed by atoms with E-state index in [2.05, 4.69) is 10.2 Å². The Hall–Kier alpha value is -3.68. The fourth-order valence-corrected chi connectivity index (χ4v) is 2.18. The molecule has 0 unspecified atom stereocenters. The topological polar surface area (TPSA) is 108 Å². The van der Waals surface area contributed by atoms with Crippen LogP contribution >= 0.6 is 0 Å². The number of nitro groups is 1. The third kappa shape index (κ3) is 2.45. The first-order valence-electron chi connectivity index (χ1n) is 6.93. The van der Waals surface area contributed by atoms with E-state index in [1.54, 1.807) is 36.4 Å². The molecule has 0 saturated carbocycles. The first-order valence-corrected chi connectivity index (χ1v) is 6.93. The first-order chi connectivity index (χ1) is 11.7. The maximum Gasteiger partial charge on any atom is 0.284 e. The van der Waals surface area contributed by atoms with Gasteiger partial charge in [0, 0.05) is 17.7 Å². The molecule has 0 aliphatic carbocycles. The fraction of sp³-hybridized carbons (Fsp3) is 0. The Morgan fingerprint density at radius 3 is 2.21 bits per heavy atom. The van der Waals surface area contributed by atoms with Crippen molar-refractivity contribution in [1.29, 1.82) is 0 Å². The van der Waals surface area contributed by atoms with Gasteiger partial charge in [0.1, 0.15) is 5.76 Å². The van der Waals surface area contributed by atoms with Crippen LogP contribution in [0.2, 0.25) is 0 Å². The number of hydrogen-bond donors (Lipinski definition) is 0. The molecule has 4 aromatic rings. The number of furan rings is 2. The molecule has 0 aliphatic rings. The van der Waals surface area contributed by atoms with E-state index in [9.17, 15) is 10.1 Å². The van der Waals surface area contributed by atoms with Crippen LogP contribution in [0, 0.1) is 10.1 Å². The maximum atomic E-state index is 10.7. The van der Waals surface area contributed by atoms with Gasteiger partial charge in [-0.2, -0.15) is 0 Å². The van der Waals surface area contributed by atoms with Gasteiger partial charge in [-0.15, -0.1) is 10.2 Å². The zero-order chi connectivity index (χ0) is 16.5. The highest BCUT2D eigenvalue weighted by molar-refractivity contribution is 5.62. The normalized spacial score (nSPS) is 10.8. The number of non-ortho nitro benzene ring substituents is 1. The SMILES string of the molecule is O=[N+]([O-])c1ccc(-c2ccc(-c3nnc(-c4ccco4)o3)o2)cc1. The number of benzene rings is 1. The minimum Gasteiger partial charge on any atom is -0.459 e. The number of aromatic nitrogens is 2. The quantitative estimate of drug-likeness (QED) is 0.409. The number of hydrogen-bond acceptors (Lipinski definition) is 7. The minimum absolute atomic E-state index is 0.0190. The molecule has 0 saturated heterocycles. The van der Waals surface area contributed by atoms with Gasteiger partial charge in [-0.1, -0.05) is 0 Å². The van der Waals surface area contributed by atoms with Crippen LogP contribution in [0.5, 0.6) is 0 Å². The summed E-state index contributed by atoms with van der Waals surface area (Å²) in [7, 11) is 0. The average Bonchev–Trinajstić information content (AvgIpc) is 3.33. The molecule has 0 bridgehead atoms. The van der Waals surface area contributed by atoms with Gasteiger partial charge in [0.05, 0.1) is 11.2 Å². The summed E-state index contributed by atoms with van der Waals surface area (Å²) in [5, 5.41) is 18.5. The van der Waals surface area contributed by atoms with Gasteiger partial charge in [0.2, 0.25) is 0 Å². The largest absolute Gasteiger partial charge is 0.459 e. The summed E-state index contributed by atoms with van der Waals surface area (Å²) in [6.45, 7) is 0. The lowest BCUT2D eigenvalue weighted by molar-refractivity contribution is -0.384. The molecule has 8 heteroatoms. The van der Waals surface area contributed by atoms with Crippen LogP contribution in [-0.2, 0) is 0 Å². The van der Waals surface area contributed by atoms with Crippen molar-refractivity contribution in [1.82, 2.24) is 10.2 Å². The molecular formula is C16H9N3O5. The predicted molar refractivity (Wildman–Crippen MR) is 81.8 cm³/mol. The van der Waals surface area contributed by atoms with E-state index in [1.165, 1.54) is 18.4 Å². The Bertz CT molecular complexity index is 983. The van der Waals surface area contributed by atoms with Crippen LogP contribution in [0.3, 0.4) is 0 Å². The number of nitrogens with zero attached hydrogens (tertiary/aromatic N) is 3. The molecule has 3 aromatic heterocycles. The van der Waals surface area contributed by atoms with Crippen LogP contribution in [0.25, 0.3) is 34.6 Å². The van der Waals surface area contributed by atoms with Crippen molar-refractivity contribution in [2.75, 3.05) is 0 Å². The highest BCUT2D eigenvalue weighted by atomic mass is 16.6. The van der Waals surface area contributed by atoms with E-state index >= 15 is 0 Å². The van der Waals surface area contributed by atoms with E-state index in [0.717, 1.165) is 0 Å². The molecule has 1 aromatic carbocycles. The summed E-state index contributed by atoms with van der Waals surface area (Å²) in [4.78, 5) is 10.2. The molecule has 8 nitrogen and oxygen atoms in total. The zero-order valence-corrected chi connectivity index (χ0v) is 12.1. The molecule has 3 heterocycles. The first kappa shape index (κ1) is 13.9. The van der Waals surface area contributed by atoms with Crippen molar-refractivity contribution in [2.45, 2.75) is 0 Å². The van der Waals surface area contributed by atoms with Crippen LogP contribution in [0.1, 0.15) is 0 Å². The highest BCUT2D eigenvalue weighted by Gasteiger charge is 2.16. The molecule has 0 radical (unpaired) electrons. The fourth-order valence-electron chi connectivity index (χ4n) is 2.18. The molecule has 24 heavy (non-hydrogen) atoms. The third-order valence-electron chi connectivity index (χ3n) is 3.34. The Balaban J connectivity index is 1.62. The molecule has 0 spiro atoms. The van der Waals surface area contributed by atoms with Gasteiger partial charge in [-0.25, -0.2) is 0 Å². The molecule has 0 fully saturated rings. The Labute approximate surface area is 134 Å². The second-order valence-electron chi connectivity index (χ2n) is 4.86. The Morgan fingerprint density at radius 2 is 1.54 bits per heavy atom. The summed E-state index contributed by atoms with van der Waals surface area (Å²) >= 11 is 0. The van der Waals surface area contributed by atoms with Crippen molar-refractivity contribution in [3.8, 4) is 34.6 Å². The molecule has 118 valence electrons.